The van der Waals surface area contributed by atoms with Crippen LogP contribution in [0.25, 0.3) is 0 Å². The van der Waals surface area contributed by atoms with Gasteiger partial charge < -0.3 is 20.1 Å². The Balaban J connectivity index is 3.45. The standard InChI is InChI=1S/C18H36N2O4/c1-17(2,3)9-11-23-13-14-24-12-10-19-15(21)7-8-16(22)20-18(4,5)6/h7-14H2,1-6H3,(H,19,21)(H,20,22). The molecule has 0 aromatic rings. The van der Waals surface area contributed by atoms with Crippen molar-refractivity contribution in [2.45, 2.75) is 66.3 Å². The van der Waals surface area contributed by atoms with Gasteiger partial charge in [0.25, 0.3) is 0 Å². The van der Waals surface area contributed by atoms with Crippen molar-refractivity contribution >= 4 is 11.8 Å². The summed E-state index contributed by atoms with van der Waals surface area (Å²) in [5.41, 5.74) is 0.0191. The zero-order chi connectivity index (χ0) is 18.6. The van der Waals surface area contributed by atoms with Crippen LogP contribution in [0.2, 0.25) is 0 Å². The van der Waals surface area contributed by atoms with Crippen molar-refractivity contribution in [1.29, 1.82) is 0 Å². The first-order chi connectivity index (χ1) is 11.0. The second kappa shape index (κ2) is 11.4. The lowest BCUT2D eigenvalue weighted by Crippen LogP contribution is -2.41. The largest absolute Gasteiger partial charge is 0.379 e. The van der Waals surface area contributed by atoms with Crippen LogP contribution in [0, 0.1) is 5.41 Å². The summed E-state index contributed by atoms with van der Waals surface area (Å²) in [6, 6.07) is 0. The van der Waals surface area contributed by atoms with E-state index < -0.39 is 0 Å². The van der Waals surface area contributed by atoms with E-state index in [-0.39, 0.29) is 35.6 Å². The van der Waals surface area contributed by atoms with Crippen LogP contribution in [0.4, 0.5) is 0 Å². The number of amides is 2. The van der Waals surface area contributed by atoms with E-state index in [4.69, 9.17) is 9.47 Å². The number of hydrogen-bond acceptors (Lipinski definition) is 4. The Labute approximate surface area is 147 Å². The average Bonchev–Trinajstić information content (AvgIpc) is 2.40. The number of hydrogen-bond donors (Lipinski definition) is 2. The van der Waals surface area contributed by atoms with Gasteiger partial charge >= 0.3 is 0 Å². The Kier molecular flexibility index (Phi) is 10.9. The lowest BCUT2D eigenvalue weighted by molar-refractivity contribution is -0.127. The molecule has 0 saturated carbocycles. The molecule has 24 heavy (non-hydrogen) atoms. The number of rotatable bonds is 11. The number of ether oxygens (including phenoxy) is 2. The van der Waals surface area contributed by atoms with E-state index in [1.54, 1.807) is 0 Å². The molecule has 0 radical (unpaired) electrons. The lowest BCUT2D eigenvalue weighted by Gasteiger charge is -2.20. The fourth-order valence-electron chi connectivity index (χ4n) is 1.76. The molecule has 0 saturated heterocycles. The van der Waals surface area contributed by atoms with Gasteiger partial charge in [-0.2, -0.15) is 0 Å². The minimum atomic E-state index is -0.268. The fraction of sp³-hybridized carbons (Fsp3) is 0.889. The first-order valence-corrected chi connectivity index (χ1v) is 8.73. The minimum Gasteiger partial charge on any atom is -0.379 e. The van der Waals surface area contributed by atoms with Crippen molar-refractivity contribution in [2.24, 2.45) is 5.41 Å². The molecule has 0 bridgehead atoms. The molecule has 0 aliphatic rings. The highest BCUT2D eigenvalue weighted by atomic mass is 16.5. The monoisotopic (exact) mass is 344 g/mol. The molecule has 142 valence electrons. The highest BCUT2D eigenvalue weighted by Crippen LogP contribution is 2.17. The summed E-state index contributed by atoms with van der Waals surface area (Å²) in [4.78, 5) is 23.2. The maximum absolute atomic E-state index is 11.6. The van der Waals surface area contributed by atoms with E-state index in [1.807, 2.05) is 20.8 Å². The van der Waals surface area contributed by atoms with Crippen molar-refractivity contribution in [3.63, 3.8) is 0 Å². The molecule has 0 unspecified atom stereocenters. The molecule has 2 amide bonds. The normalized spacial score (nSPS) is 12.1. The molecule has 6 nitrogen and oxygen atoms in total. The van der Waals surface area contributed by atoms with Crippen LogP contribution in [-0.2, 0) is 19.1 Å². The molecule has 0 aliphatic carbocycles. The van der Waals surface area contributed by atoms with Crippen molar-refractivity contribution in [3.8, 4) is 0 Å². The molecule has 0 atom stereocenters. The molecule has 0 heterocycles. The van der Waals surface area contributed by atoms with Crippen LogP contribution in [0.15, 0.2) is 0 Å². The van der Waals surface area contributed by atoms with Crippen LogP contribution in [0.1, 0.15) is 60.8 Å². The molecular weight excluding hydrogens is 308 g/mol. The summed E-state index contributed by atoms with van der Waals surface area (Å²) in [7, 11) is 0. The van der Waals surface area contributed by atoms with E-state index in [0.717, 1.165) is 13.0 Å². The number of carbonyl (C=O) groups is 2. The van der Waals surface area contributed by atoms with Gasteiger partial charge in [-0.05, 0) is 32.6 Å². The Morgan fingerprint density at radius 2 is 1.33 bits per heavy atom. The Morgan fingerprint density at radius 3 is 1.88 bits per heavy atom. The highest BCUT2D eigenvalue weighted by Gasteiger charge is 2.14. The van der Waals surface area contributed by atoms with E-state index in [2.05, 4.69) is 31.4 Å². The third-order valence-corrected chi connectivity index (χ3v) is 3.03. The van der Waals surface area contributed by atoms with Gasteiger partial charge in [0.05, 0.1) is 19.8 Å². The van der Waals surface area contributed by atoms with Gasteiger partial charge in [-0.25, -0.2) is 0 Å². The van der Waals surface area contributed by atoms with Gasteiger partial charge in [0, 0.05) is 31.5 Å². The second-order valence-corrected chi connectivity index (χ2v) is 8.18. The van der Waals surface area contributed by atoms with E-state index in [0.29, 0.717) is 26.4 Å². The SMILES string of the molecule is CC(C)(C)CCOCCOCCNC(=O)CCC(=O)NC(C)(C)C. The Morgan fingerprint density at radius 1 is 0.792 bits per heavy atom. The summed E-state index contributed by atoms with van der Waals surface area (Å²) in [6.07, 6.45) is 1.41. The third kappa shape index (κ3) is 17.2. The van der Waals surface area contributed by atoms with Crippen LogP contribution in [0.5, 0.6) is 0 Å². The average molecular weight is 344 g/mol. The zero-order valence-corrected chi connectivity index (χ0v) is 16.3. The van der Waals surface area contributed by atoms with Gasteiger partial charge in [-0.15, -0.1) is 0 Å². The molecule has 6 heteroatoms. The van der Waals surface area contributed by atoms with Crippen molar-refractivity contribution in [3.05, 3.63) is 0 Å². The molecule has 0 aromatic carbocycles. The number of carbonyl (C=O) groups excluding carboxylic acids is 2. The Hall–Kier alpha value is -1.14. The molecule has 2 N–H and O–H groups in total. The van der Waals surface area contributed by atoms with Crippen LogP contribution < -0.4 is 10.6 Å². The topological polar surface area (TPSA) is 76.7 Å². The fourth-order valence-corrected chi connectivity index (χ4v) is 1.76. The zero-order valence-electron chi connectivity index (χ0n) is 16.3. The molecule has 0 rings (SSSR count). The summed E-state index contributed by atoms with van der Waals surface area (Å²) in [6.45, 7) is 15.0. The smallest absolute Gasteiger partial charge is 0.220 e. The third-order valence-electron chi connectivity index (χ3n) is 3.03. The number of nitrogens with one attached hydrogen (secondary N) is 2. The molecule has 0 aliphatic heterocycles. The first-order valence-electron chi connectivity index (χ1n) is 8.73. The van der Waals surface area contributed by atoms with Crippen molar-refractivity contribution < 1.29 is 19.1 Å². The summed E-state index contributed by atoms with van der Waals surface area (Å²) < 4.78 is 10.9. The minimum absolute atomic E-state index is 0.110. The van der Waals surface area contributed by atoms with E-state index >= 15 is 0 Å². The van der Waals surface area contributed by atoms with Gasteiger partial charge in [-0.1, -0.05) is 20.8 Å². The van der Waals surface area contributed by atoms with Gasteiger partial charge in [0.1, 0.15) is 0 Å². The lowest BCUT2D eigenvalue weighted by atomic mass is 9.93. The molecule has 0 aromatic heterocycles. The second-order valence-electron chi connectivity index (χ2n) is 8.18. The maximum atomic E-state index is 11.6. The van der Waals surface area contributed by atoms with E-state index in [9.17, 15) is 9.59 Å². The molecular formula is C18H36N2O4. The predicted octanol–water partition coefficient (Wildman–Crippen LogP) is 2.27. The van der Waals surface area contributed by atoms with Crippen LogP contribution in [0.3, 0.4) is 0 Å². The van der Waals surface area contributed by atoms with E-state index in [1.165, 1.54) is 0 Å². The Bertz CT molecular complexity index is 370. The molecule has 0 fully saturated rings. The quantitative estimate of drug-likeness (QED) is 0.564. The van der Waals surface area contributed by atoms with Gasteiger partial charge in [-0.3, -0.25) is 9.59 Å². The van der Waals surface area contributed by atoms with Crippen LogP contribution >= 0.6 is 0 Å². The van der Waals surface area contributed by atoms with Crippen LogP contribution in [-0.4, -0.2) is 50.3 Å². The molecule has 0 spiro atoms. The van der Waals surface area contributed by atoms with Gasteiger partial charge in [0.15, 0.2) is 0 Å². The maximum Gasteiger partial charge on any atom is 0.220 e. The predicted molar refractivity (Wildman–Crippen MR) is 95.8 cm³/mol. The summed E-state index contributed by atoms with van der Waals surface area (Å²) in [5.74, 6) is -0.245. The van der Waals surface area contributed by atoms with Gasteiger partial charge in [0.2, 0.25) is 11.8 Å². The summed E-state index contributed by atoms with van der Waals surface area (Å²) >= 11 is 0. The van der Waals surface area contributed by atoms with Crippen molar-refractivity contribution in [2.75, 3.05) is 33.0 Å². The van der Waals surface area contributed by atoms with Crippen molar-refractivity contribution in [1.82, 2.24) is 10.6 Å². The summed E-state index contributed by atoms with van der Waals surface area (Å²) in [5, 5.41) is 5.56. The highest BCUT2D eigenvalue weighted by molar-refractivity contribution is 5.83. The first kappa shape index (κ1) is 22.9.